The number of amides is 1. The monoisotopic (exact) mass is 423 g/mol. The molecule has 5 rings (SSSR count). The van der Waals surface area contributed by atoms with E-state index < -0.39 is 0 Å². The molecular formula is C22H21N3O6. The quantitative estimate of drug-likeness (QED) is 0.674. The summed E-state index contributed by atoms with van der Waals surface area (Å²) in [6, 6.07) is 9.36. The van der Waals surface area contributed by atoms with Crippen molar-refractivity contribution in [2.75, 3.05) is 33.4 Å². The second-order valence-electron chi connectivity index (χ2n) is 7.12. The Morgan fingerprint density at radius 2 is 1.84 bits per heavy atom. The van der Waals surface area contributed by atoms with Gasteiger partial charge in [0.05, 0.1) is 27.0 Å². The van der Waals surface area contributed by atoms with E-state index in [1.807, 2.05) is 34.9 Å². The Bertz CT molecular complexity index is 1160. The average Bonchev–Trinajstić information content (AvgIpc) is 3.44. The van der Waals surface area contributed by atoms with Crippen molar-refractivity contribution in [3.8, 4) is 34.4 Å². The number of hydrogen-bond donors (Lipinski definition) is 1. The van der Waals surface area contributed by atoms with Crippen molar-refractivity contribution in [1.29, 1.82) is 0 Å². The van der Waals surface area contributed by atoms with Crippen molar-refractivity contribution in [3.05, 3.63) is 47.9 Å². The first-order valence-electron chi connectivity index (χ1n) is 9.70. The molecule has 0 radical (unpaired) electrons. The van der Waals surface area contributed by atoms with Crippen LogP contribution in [0.15, 0.2) is 36.7 Å². The van der Waals surface area contributed by atoms with Gasteiger partial charge >= 0.3 is 0 Å². The molecular weight excluding hydrogens is 402 g/mol. The first-order valence-corrected chi connectivity index (χ1v) is 9.70. The number of fused-ring (bicyclic) bond motifs is 2. The summed E-state index contributed by atoms with van der Waals surface area (Å²) in [7, 11) is 4.72. The number of benzene rings is 2. The van der Waals surface area contributed by atoms with Crippen LogP contribution in [0.4, 0.5) is 5.82 Å². The minimum absolute atomic E-state index is 0.0980. The van der Waals surface area contributed by atoms with E-state index in [-0.39, 0.29) is 25.0 Å². The van der Waals surface area contributed by atoms with Crippen LogP contribution in [0.25, 0.3) is 5.69 Å². The molecule has 2 aliphatic heterocycles. The Balaban J connectivity index is 1.64. The second kappa shape index (κ2) is 7.42. The normalized spacial score (nSPS) is 16.5. The van der Waals surface area contributed by atoms with Gasteiger partial charge in [-0.3, -0.25) is 9.36 Å². The maximum absolute atomic E-state index is 12.7. The lowest BCUT2D eigenvalue weighted by atomic mass is 9.88. The summed E-state index contributed by atoms with van der Waals surface area (Å²) < 4.78 is 29.4. The smallest absolute Gasteiger partial charge is 0.231 e. The summed E-state index contributed by atoms with van der Waals surface area (Å²) in [5.74, 6) is 2.88. The van der Waals surface area contributed by atoms with Crippen molar-refractivity contribution >= 4 is 11.7 Å². The number of nitrogens with one attached hydrogen (secondary N) is 1. The van der Waals surface area contributed by atoms with Gasteiger partial charge in [-0.2, -0.15) is 0 Å². The number of aromatic nitrogens is 2. The summed E-state index contributed by atoms with van der Waals surface area (Å²) in [6.07, 6.45) is 1.91. The van der Waals surface area contributed by atoms with Gasteiger partial charge < -0.3 is 29.0 Å². The van der Waals surface area contributed by atoms with E-state index in [1.165, 1.54) is 0 Å². The molecule has 1 atom stereocenters. The van der Waals surface area contributed by atoms with Crippen molar-refractivity contribution in [1.82, 2.24) is 9.55 Å². The highest BCUT2D eigenvalue weighted by Crippen LogP contribution is 2.53. The van der Waals surface area contributed by atoms with Crippen LogP contribution >= 0.6 is 0 Å². The molecule has 160 valence electrons. The fourth-order valence-electron chi connectivity index (χ4n) is 4.07. The molecule has 3 aromatic rings. The summed E-state index contributed by atoms with van der Waals surface area (Å²) in [5, 5.41) is 2.96. The van der Waals surface area contributed by atoms with Gasteiger partial charge in [-0.15, -0.1) is 0 Å². The molecule has 1 aromatic heterocycles. The minimum atomic E-state index is -0.346. The molecule has 0 spiro atoms. The van der Waals surface area contributed by atoms with Crippen molar-refractivity contribution in [3.63, 3.8) is 0 Å². The molecule has 1 N–H and O–H groups in total. The zero-order valence-electron chi connectivity index (χ0n) is 17.3. The van der Waals surface area contributed by atoms with Gasteiger partial charge in [0.15, 0.2) is 11.5 Å². The Hall–Kier alpha value is -3.88. The third-order valence-corrected chi connectivity index (χ3v) is 5.51. The molecule has 0 fully saturated rings. The van der Waals surface area contributed by atoms with Gasteiger partial charge in [0.1, 0.15) is 17.9 Å². The molecule has 0 saturated carbocycles. The zero-order chi connectivity index (χ0) is 21.5. The highest BCUT2D eigenvalue weighted by Gasteiger charge is 2.36. The molecule has 2 aromatic carbocycles. The Morgan fingerprint density at radius 1 is 1.06 bits per heavy atom. The minimum Gasteiger partial charge on any atom is -0.497 e. The first kappa shape index (κ1) is 19.1. The SMILES string of the molecule is COc1ccc(-n2cnc3c2NC(=O)CC3c2cc3c(c(OC)c2OC)OCO3)cc1. The first-order chi connectivity index (χ1) is 15.1. The molecule has 0 bridgehead atoms. The van der Waals surface area contributed by atoms with Gasteiger partial charge in [0.25, 0.3) is 0 Å². The van der Waals surface area contributed by atoms with Gasteiger partial charge in [0.2, 0.25) is 24.2 Å². The molecule has 0 saturated heterocycles. The van der Waals surface area contributed by atoms with Crippen LogP contribution in [0.3, 0.4) is 0 Å². The number of anilines is 1. The fourth-order valence-corrected chi connectivity index (χ4v) is 4.07. The summed E-state index contributed by atoms with van der Waals surface area (Å²) >= 11 is 0. The molecule has 31 heavy (non-hydrogen) atoms. The third-order valence-electron chi connectivity index (χ3n) is 5.51. The Labute approximate surface area is 178 Å². The van der Waals surface area contributed by atoms with Gasteiger partial charge in [-0.1, -0.05) is 0 Å². The van der Waals surface area contributed by atoms with Crippen LogP contribution in [0.1, 0.15) is 23.6 Å². The highest BCUT2D eigenvalue weighted by atomic mass is 16.7. The number of carbonyl (C=O) groups excluding carboxylic acids is 1. The number of methoxy groups -OCH3 is 3. The standard InChI is InChI=1S/C22H21N3O6/c1-27-13-6-4-12(5-7-13)25-10-23-18-14(9-17(26)24-22(18)25)15-8-16-20(31-11-30-16)21(29-3)19(15)28-2/h4-8,10,14H,9,11H2,1-3H3,(H,24,26). The number of nitrogens with zero attached hydrogens (tertiary/aromatic N) is 2. The number of imidazole rings is 1. The van der Waals surface area contributed by atoms with Crippen molar-refractivity contribution in [2.45, 2.75) is 12.3 Å². The van der Waals surface area contributed by atoms with E-state index in [4.69, 9.17) is 23.7 Å². The molecule has 3 heterocycles. The topological polar surface area (TPSA) is 93.1 Å². The highest BCUT2D eigenvalue weighted by molar-refractivity contribution is 5.94. The Kier molecular flexibility index (Phi) is 4.58. The van der Waals surface area contributed by atoms with Crippen LogP contribution < -0.4 is 29.0 Å². The van der Waals surface area contributed by atoms with Crippen LogP contribution in [0, 0.1) is 0 Å². The fraction of sp³-hybridized carbons (Fsp3) is 0.273. The van der Waals surface area contributed by atoms with E-state index in [0.717, 1.165) is 22.7 Å². The summed E-state index contributed by atoms with van der Waals surface area (Å²) in [5.41, 5.74) is 2.33. The van der Waals surface area contributed by atoms with E-state index >= 15 is 0 Å². The number of rotatable bonds is 5. The molecule has 9 nitrogen and oxygen atoms in total. The molecule has 2 aliphatic rings. The predicted molar refractivity (Wildman–Crippen MR) is 111 cm³/mol. The molecule has 0 aliphatic carbocycles. The lowest BCUT2D eigenvalue weighted by Gasteiger charge is -2.25. The van der Waals surface area contributed by atoms with Crippen LogP contribution in [-0.2, 0) is 4.79 Å². The van der Waals surface area contributed by atoms with Crippen LogP contribution in [-0.4, -0.2) is 43.6 Å². The second-order valence-corrected chi connectivity index (χ2v) is 7.12. The lowest BCUT2D eigenvalue weighted by molar-refractivity contribution is -0.116. The zero-order valence-corrected chi connectivity index (χ0v) is 17.3. The van der Waals surface area contributed by atoms with Crippen LogP contribution in [0.5, 0.6) is 28.7 Å². The van der Waals surface area contributed by atoms with Gasteiger partial charge in [0, 0.05) is 23.6 Å². The average molecular weight is 423 g/mol. The van der Waals surface area contributed by atoms with Gasteiger partial charge in [-0.05, 0) is 30.3 Å². The lowest BCUT2D eigenvalue weighted by Crippen LogP contribution is -2.25. The van der Waals surface area contributed by atoms with E-state index in [9.17, 15) is 4.79 Å². The molecule has 1 amide bonds. The molecule has 1 unspecified atom stereocenters. The van der Waals surface area contributed by atoms with Crippen LogP contribution in [0.2, 0.25) is 0 Å². The van der Waals surface area contributed by atoms with Gasteiger partial charge in [-0.25, -0.2) is 4.98 Å². The number of hydrogen-bond acceptors (Lipinski definition) is 7. The van der Waals surface area contributed by atoms with E-state index in [1.54, 1.807) is 27.7 Å². The number of carbonyl (C=O) groups is 1. The summed E-state index contributed by atoms with van der Waals surface area (Å²) in [4.78, 5) is 17.3. The van der Waals surface area contributed by atoms with E-state index in [0.29, 0.717) is 28.8 Å². The van der Waals surface area contributed by atoms with E-state index in [2.05, 4.69) is 10.3 Å². The summed E-state index contributed by atoms with van der Waals surface area (Å²) in [6.45, 7) is 0.0980. The maximum Gasteiger partial charge on any atom is 0.231 e. The van der Waals surface area contributed by atoms with Crippen molar-refractivity contribution in [2.24, 2.45) is 0 Å². The number of ether oxygens (including phenoxy) is 5. The third kappa shape index (κ3) is 3.00. The largest absolute Gasteiger partial charge is 0.497 e. The van der Waals surface area contributed by atoms with Crippen molar-refractivity contribution < 1.29 is 28.5 Å². The Morgan fingerprint density at radius 3 is 2.55 bits per heavy atom. The predicted octanol–water partition coefficient (Wildman–Crippen LogP) is 3.10. The maximum atomic E-state index is 12.7. The molecule has 9 heteroatoms.